The summed E-state index contributed by atoms with van der Waals surface area (Å²) in [6, 6.07) is -0.632. The van der Waals surface area contributed by atoms with Crippen molar-refractivity contribution in [1.82, 2.24) is 10.0 Å². The van der Waals surface area contributed by atoms with E-state index in [2.05, 4.69) is 99.0 Å². The number of nitrogens with one attached hydrogen (secondary N) is 2. The molecule has 0 aliphatic heterocycles. The predicted octanol–water partition coefficient (Wildman–Crippen LogP) is 3.30. The predicted molar refractivity (Wildman–Crippen MR) is 192 cm³/mol. The number of halogens is 1. The molecule has 41 heavy (non-hydrogen) atoms. The minimum absolute atomic E-state index is 0.00449. The average Bonchev–Trinajstić information content (AvgIpc) is 3.10. The zero-order chi connectivity index (χ0) is 31.2. The van der Waals surface area contributed by atoms with Gasteiger partial charge in [0.25, 0.3) is 0 Å². The quantitative estimate of drug-likeness (QED) is 0.224. The summed E-state index contributed by atoms with van der Waals surface area (Å²) in [5.41, 5.74) is 0.101. The Morgan fingerprint density at radius 1 is 1.00 bits per heavy atom. The van der Waals surface area contributed by atoms with Crippen molar-refractivity contribution in [3.8, 4) is 0 Å². The SMILES string of the molecule is BC12[C@H](OI)[C@H](C)C3(S)C[C@H](C)CCC3(C)[C@@]1(B)CCC1(C)[C@@]2(B)CC[C@]1(B)[C@H](C)CNC(=O)NS(=O)(=O)C(C)C. The highest BCUT2D eigenvalue weighted by molar-refractivity contribution is 14.1. The fraction of sp³-hybridized carbons (Fsp3) is 0.964. The lowest BCUT2D eigenvalue weighted by molar-refractivity contribution is -0.137. The first-order valence-corrected chi connectivity index (χ1v) is 18.8. The Morgan fingerprint density at radius 3 is 2.12 bits per heavy atom. The Labute approximate surface area is 273 Å². The van der Waals surface area contributed by atoms with Crippen LogP contribution in [0.5, 0.6) is 0 Å². The van der Waals surface area contributed by atoms with E-state index >= 15 is 0 Å². The van der Waals surface area contributed by atoms with Crippen molar-refractivity contribution >= 4 is 83.1 Å². The summed E-state index contributed by atoms with van der Waals surface area (Å²) in [6.07, 6.45) is 8.13. The molecular formula is C28H53B4IN2O4S2. The van der Waals surface area contributed by atoms with Gasteiger partial charge in [-0.25, -0.2) is 17.9 Å². The highest BCUT2D eigenvalue weighted by Crippen LogP contribution is 2.93. The van der Waals surface area contributed by atoms with Crippen LogP contribution in [0.3, 0.4) is 0 Å². The second-order valence-electron chi connectivity index (χ2n) is 16.3. The van der Waals surface area contributed by atoms with Crippen LogP contribution in [0.25, 0.3) is 0 Å². The summed E-state index contributed by atoms with van der Waals surface area (Å²) in [6.45, 7) is 15.7. The van der Waals surface area contributed by atoms with Crippen LogP contribution in [0.1, 0.15) is 93.4 Å². The maximum absolute atomic E-state index is 12.6. The van der Waals surface area contributed by atoms with Crippen molar-refractivity contribution < 1.29 is 16.3 Å². The topological polar surface area (TPSA) is 84.5 Å². The molecule has 0 bridgehead atoms. The lowest BCUT2D eigenvalue weighted by Gasteiger charge is -2.81. The molecule has 0 radical (unpaired) electrons. The summed E-state index contributed by atoms with van der Waals surface area (Å²) >= 11 is 7.86. The molecule has 11 atom stereocenters. The maximum atomic E-state index is 12.6. The summed E-state index contributed by atoms with van der Waals surface area (Å²) in [5.74, 6) is 1.15. The van der Waals surface area contributed by atoms with Crippen LogP contribution in [0.2, 0.25) is 21.3 Å². The van der Waals surface area contributed by atoms with Gasteiger partial charge in [0.1, 0.15) is 54.4 Å². The van der Waals surface area contributed by atoms with Gasteiger partial charge >= 0.3 is 6.03 Å². The van der Waals surface area contributed by atoms with Crippen LogP contribution in [0.4, 0.5) is 4.79 Å². The standard InChI is InChI=1S/C28H53B4IN2O4S2/c1-16(2)41(37,38)35-21(36)34-15-18(4)24(29)11-13-26(30)22(24,6)10-12-27(31)23(7)9-8-17(3)14-25(23,40)19(5)20(39-33)28(26,27)32/h16-20,40H,8-15,29-32H2,1-7H3,(H2,34,35,36)/t17-,18-,19+,20-,22?,23?,24+,25?,26+,27+,28?/m1/s1. The van der Waals surface area contributed by atoms with Crippen LogP contribution in [-0.2, 0) is 13.1 Å². The van der Waals surface area contributed by atoms with Crippen LogP contribution < -0.4 is 10.0 Å². The number of fused-ring (bicyclic) bond motifs is 5. The normalized spacial score (nSPS) is 50.3. The van der Waals surface area contributed by atoms with Gasteiger partial charge in [-0.1, -0.05) is 70.9 Å². The van der Waals surface area contributed by atoms with E-state index in [0.29, 0.717) is 18.4 Å². The number of carbonyl (C=O) groups is 1. The third-order valence-electron chi connectivity index (χ3n) is 15.4. The molecule has 0 aromatic heterocycles. The Hall–Kier alpha value is 0.520. The van der Waals surface area contributed by atoms with E-state index in [-0.39, 0.29) is 48.9 Å². The minimum atomic E-state index is -3.67. The summed E-state index contributed by atoms with van der Waals surface area (Å²) in [4.78, 5) is 12.6. The number of rotatable bonds is 6. The van der Waals surface area contributed by atoms with Crippen molar-refractivity contribution in [3.63, 3.8) is 0 Å². The first-order chi connectivity index (χ1) is 18.6. The van der Waals surface area contributed by atoms with E-state index in [1.807, 2.05) is 0 Å². The third kappa shape index (κ3) is 4.21. The molecule has 0 spiro atoms. The number of carbonyl (C=O) groups excluding carboxylic acids is 1. The van der Waals surface area contributed by atoms with Crippen LogP contribution in [0.15, 0.2) is 0 Å². The fourth-order valence-electron chi connectivity index (χ4n) is 11.4. The van der Waals surface area contributed by atoms with Gasteiger partial charge in [0.05, 0.1) is 11.4 Å². The number of hydrogen-bond acceptors (Lipinski definition) is 5. The Balaban J connectivity index is 1.72. The van der Waals surface area contributed by atoms with Crippen LogP contribution in [-0.4, -0.2) is 68.5 Å². The molecule has 2 N–H and O–H groups in total. The number of thiol groups is 1. The van der Waals surface area contributed by atoms with Crippen molar-refractivity contribution in [2.24, 2.45) is 28.6 Å². The summed E-state index contributed by atoms with van der Waals surface area (Å²) in [7, 11) is 6.48. The Morgan fingerprint density at radius 2 is 1.56 bits per heavy atom. The lowest BCUT2D eigenvalue weighted by Crippen LogP contribution is -2.74. The summed E-state index contributed by atoms with van der Waals surface area (Å²) in [5, 5.41) is 2.19. The number of amides is 2. The highest BCUT2D eigenvalue weighted by atomic mass is 127. The monoisotopic (exact) mass is 716 g/mol. The van der Waals surface area contributed by atoms with Gasteiger partial charge < -0.3 is 8.38 Å². The molecule has 230 valence electrons. The van der Waals surface area contributed by atoms with Crippen molar-refractivity contribution in [2.45, 2.75) is 131 Å². The molecule has 4 saturated carbocycles. The van der Waals surface area contributed by atoms with Gasteiger partial charge in [-0.05, 0) is 72.3 Å². The lowest BCUT2D eigenvalue weighted by atomic mass is 9.14. The van der Waals surface area contributed by atoms with E-state index in [1.165, 1.54) is 12.8 Å². The molecule has 4 rings (SSSR count). The first-order valence-electron chi connectivity index (χ1n) is 15.9. The third-order valence-corrected chi connectivity index (χ3v) is 18.7. The second-order valence-corrected chi connectivity index (χ2v) is 19.9. The van der Waals surface area contributed by atoms with Crippen molar-refractivity contribution in [3.05, 3.63) is 0 Å². The molecule has 4 fully saturated rings. The molecule has 0 saturated heterocycles. The second kappa shape index (κ2) is 10.5. The molecule has 4 aliphatic carbocycles. The molecule has 6 nitrogen and oxygen atoms in total. The Kier molecular flexibility index (Phi) is 8.83. The van der Waals surface area contributed by atoms with E-state index in [0.717, 1.165) is 32.1 Å². The van der Waals surface area contributed by atoms with E-state index < -0.39 is 21.3 Å². The van der Waals surface area contributed by atoms with Gasteiger partial charge in [-0.3, -0.25) is 0 Å². The summed E-state index contributed by atoms with van der Waals surface area (Å²) < 4.78 is 33.2. The van der Waals surface area contributed by atoms with Crippen molar-refractivity contribution in [1.29, 1.82) is 0 Å². The van der Waals surface area contributed by atoms with Crippen LogP contribution in [0, 0.1) is 28.6 Å². The number of sulfonamides is 1. The molecule has 4 unspecified atom stereocenters. The zero-order valence-electron chi connectivity index (χ0n) is 27.4. The smallest absolute Gasteiger partial charge is 0.328 e. The molecule has 0 aromatic rings. The van der Waals surface area contributed by atoms with E-state index in [1.54, 1.807) is 13.8 Å². The largest absolute Gasteiger partial charge is 0.337 e. The van der Waals surface area contributed by atoms with Gasteiger partial charge in [0.15, 0.2) is 0 Å². The zero-order valence-corrected chi connectivity index (χ0v) is 31.3. The molecule has 4 aliphatic rings. The van der Waals surface area contributed by atoms with Gasteiger partial charge in [-0.15, -0.1) is 0 Å². The molecule has 0 aromatic carbocycles. The van der Waals surface area contributed by atoms with Gasteiger partial charge in [0.2, 0.25) is 10.0 Å². The average molecular weight is 716 g/mol. The molecule has 0 heterocycles. The van der Waals surface area contributed by atoms with Crippen LogP contribution >= 0.6 is 35.6 Å². The van der Waals surface area contributed by atoms with Gasteiger partial charge in [-0.2, -0.15) is 12.6 Å². The Bertz CT molecular complexity index is 1190. The maximum Gasteiger partial charge on any atom is 0.328 e. The highest BCUT2D eigenvalue weighted by Gasteiger charge is 2.81. The first kappa shape index (κ1) is 34.4. The fourth-order valence-corrected chi connectivity index (χ4v) is 13.8. The number of urea groups is 1. The molecule has 2 amide bonds. The van der Waals surface area contributed by atoms with Gasteiger partial charge in [0, 0.05) is 11.3 Å². The minimum Gasteiger partial charge on any atom is -0.337 e. The molecule has 13 heteroatoms. The van der Waals surface area contributed by atoms with E-state index in [4.69, 9.17) is 15.7 Å². The van der Waals surface area contributed by atoms with Crippen molar-refractivity contribution in [2.75, 3.05) is 6.54 Å². The number of hydrogen-bond donors (Lipinski definition) is 3. The van der Waals surface area contributed by atoms with E-state index in [9.17, 15) is 13.2 Å². The molecular weight excluding hydrogens is 663 g/mol.